The van der Waals surface area contributed by atoms with Crippen molar-refractivity contribution in [3.05, 3.63) is 11.3 Å². The van der Waals surface area contributed by atoms with Gasteiger partial charge >= 0.3 is 0 Å². The highest BCUT2D eigenvalue weighted by atomic mass is 32.2. The highest BCUT2D eigenvalue weighted by molar-refractivity contribution is 7.89. The number of nitrogens with zero attached hydrogens (tertiary/aromatic N) is 3. The minimum atomic E-state index is -3.22. The predicted octanol–water partition coefficient (Wildman–Crippen LogP) is -0.950. The van der Waals surface area contributed by atoms with Crippen molar-refractivity contribution in [1.82, 2.24) is 19.6 Å². The zero-order valence-electron chi connectivity index (χ0n) is 12.4. The number of aromatic nitrogens is 2. The molecule has 1 aliphatic heterocycles. The van der Waals surface area contributed by atoms with Gasteiger partial charge in [-0.2, -0.15) is 4.98 Å². The smallest absolute Gasteiger partial charge is 0.222 e. The van der Waals surface area contributed by atoms with Gasteiger partial charge in [0.2, 0.25) is 16.0 Å². The first-order valence-corrected chi connectivity index (χ1v) is 8.51. The number of fused-ring (bicyclic) bond motifs is 1. The van der Waals surface area contributed by atoms with Crippen molar-refractivity contribution in [2.45, 2.75) is 12.8 Å². The number of hydrogen-bond donors (Lipinski definition) is 3. The largest absolute Gasteiger partial charge is 0.369 e. The number of sulfonamides is 1. The van der Waals surface area contributed by atoms with E-state index in [4.69, 9.17) is 5.73 Å². The van der Waals surface area contributed by atoms with E-state index in [0.29, 0.717) is 5.82 Å². The molecular formula is C12H22N6O2S. The molecule has 1 aliphatic rings. The lowest BCUT2D eigenvalue weighted by Gasteiger charge is -2.15. The SMILES string of the molecule is CN(C)S(=O)(=O)CCNc1nc(N)nc2c1CCNCC2. The van der Waals surface area contributed by atoms with Gasteiger partial charge in [-0.15, -0.1) is 0 Å². The average Bonchev–Trinajstić information content (AvgIpc) is 2.63. The molecule has 1 aromatic heterocycles. The molecule has 118 valence electrons. The van der Waals surface area contributed by atoms with Crippen LogP contribution in [0.2, 0.25) is 0 Å². The van der Waals surface area contributed by atoms with Crippen LogP contribution in [0, 0.1) is 0 Å². The first-order chi connectivity index (χ1) is 9.90. The molecule has 0 saturated carbocycles. The van der Waals surface area contributed by atoms with Crippen molar-refractivity contribution >= 4 is 21.8 Å². The second-order valence-corrected chi connectivity index (χ2v) is 7.43. The Hall–Kier alpha value is -1.45. The van der Waals surface area contributed by atoms with Gasteiger partial charge in [0.25, 0.3) is 0 Å². The van der Waals surface area contributed by atoms with Gasteiger partial charge in [0, 0.05) is 39.2 Å². The maximum absolute atomic E-state index is 11.7. The summed E-state index contributed by atoms with van der Waals surface area (Å²) in [5, 5.41) is 6.38. The molecule has 1 aromatic rings. The summed E-state index contributed by atoms with van der Waals surface area (Å²) in [5.41, 5.74) is 7.69. The van der Waals surface area contributed by atoms with Crippen LogP contribution in [-0.2, 0) is 22.9 Å². The summed E-state index contributed by atoms with van der Waals surface area (Å²) in [6.07, 6.45) is 1.60. The zero-order chi connectivity index (χ0) is 15.5. The van der Waals surface area contributed by atoms with Crippen LogP contribution < -0.4 is 16.4 Å². The summed E-state index contributed by atoms with van der Waals surface area (Å²) >= 11 is 0. The normalized spacial score (nSPS) is 15.6. The van der Waals surface area contributed by atoms with E-state index >= 15 is 0 Å². The van der Waals surface area contributed by atoms with Gasteiger partial charge in [-0.05, 0) is 13.0 Å². The maximum Gasteiger partial charge on any atom is 0.222 e. The van der Waals surface area contributed by atoms with Gasteiger partial charge < -0.3 is 16.4 Å². The first-order valence-electron chi connectivity index (χ1n) is 6.90. The molecule has 0 spiro atoms. The molecule has 0 aliphatic carbocycles. The Labute approximate surface area is 125 Å². The fourth-order valence-corrected chi connectivity index (χ4v) is 2.92. The summed E-state index contributed by atoms with van der Waals surface area (Å²) in [6, 6.07) is 0. The van der Waals surface area contributed by atoms with Gasteiger partial charge in [-0.1, -0.05) is 0 Å². The summed E-state index contributed by atoms with van der Waals surface area (Å²) in [5.74, 6) is 0.875. The van der Waals surface area contributed by atoms with Crippen LogP contribution in [0.1, 0.15) is 11.3 Å². The minimum absolute atomic E-state index is 0.0108. The van der Waals surface area contributed by atoms with E-state index in [0.717, 1.165) is 37.2 Å². The molecule has 0 aromatic carbocycles. The van der Waals surface area contributed by atoms with Crippen molar-refractivity contribution in [2.24, 2.45) is 0 Å². The Balaban J connectivity index is 2.11. The molecule has 0 atom stereocenters. The third kappa shape index (κ3) is 4.02. The number of rotatable bonds is 5. The van der Waals surface area contributed by atoms with Crippen LogP contribution >= 0.6 is 0 Å². The van der Waals surface area contributed by atoms with E-state index in [-0.39, 0.29) is 18.2 Å². The number of hydrogen-bond acceptors (Lipinski definition) is 7. The third-order valence-electron chi connectivity index (χ3n) is 3.41. The first kappa shape index (κ1) is 15.9. The van der Waals surface area contributed by atoms with Crippen LogP contribution in [-0.4, -0.2) is 62.2 Å². The lowest BCUT2D eigenvalue weighted by Crippen LogP contribution is -2.29. The topological polar surface area (TPSA) is 113 Å². The molecule has 4 N–H and O–H groups in total. The summed E-state index contributed by atoms with van der Waals surface area (Å²) < 4.78 is 24.7. The van der Waals surface area contributed by atoms with Crippen LogP contribution in [0.5, 0.6) is 0 Å². The fraction of sp³-hybridized carbons (Fsp3) is 0.667. The molecule has 0 amide bonds. The van der Waals surface area contributed by atoms with Gasteiger partial charge in [0.05, 0.1) is 11.4 Å². The molecule has 0 fully saturated rings. The molecular weight excluding hydrogens is 292 g/mol. The van der Waals surface area contributed by atoms with Crippen LogP contribution in [0.15, 0.2) is 0 Å². The number of nitrogen functional groups attached to an aromatic ring is 1. The number of nitrogens with one attached hydrogen (secondary N) is 2. The van der Waals surface area contributed by atoms with Crippen LogP contribution in [0.4, 0.5) is 11.8 Å². The molecule has 0 bridgehead atoms. The molecule has 8 nitrogen and oxygen atoms in total. The van der Waals surface area contributed by atoms with Gasteiger partial charge in [-0.3, -0.25) is 0 Å². The summed E-state index contributed by atoms with van der Waals surface area (Å²) in [6.45, 7) is 2.00. The molecule has 9 heteroatoms. The van der Waals surface area contributed by atoms with Crippen molar-refractivity contribution in [3.63, 3.8) is 0 Å². The standard InChI is InChI=1S/C12H22N6O2S/c1-18(2)21(19,20)8-7-15-11-9-3-5-14-6-4-10(9)16-12(13)17-11/h14H,3-8H2,1-2H3,(H3,13,15,16,17). The molecule has 2 rings (SSSR count). The zero-order valence-corrected chi connectivity index (χ0v) is 13.2. The van der Waals surface area contributed by atoms with Crippen LogP contribution in [0.25, 0.3) is 0 Å². The van der Waals surface area contributed by atoms with Crippen molar-refractivity contribution in [2.75, 3.05) is 50.5 Å². The lowest BCUT2D eigenvalue weighted by molar-refractivity contribution is 0.521. The monoisotopic (exact) mass is 314 g/mol. The van der Waals surface area contributed by atoms with E-state index in [1.54, 1.807) is 0 Å². The number of anilines is 2. The van der Waals surface area contributed by atoms with Crippen molar-refractivity contribution in [3.8, 4) is 0 Å². The highest BCUT2D eigenvalue weighted by Crippen LogP contribution is 2.20. The van der Waals surface area contributed by atoms with E-state index in [1.807, 2.05) is 0 Å². The minimum Gasteiger partial charge on any atom is -0.369 e. The van der Waals surface area contributed by atoms with Gasteiger partial charge in [0.15, 0.2) is 0 Å². The highest BCUT2D eigenvalue weighted by Gasteiger charge is 2.17. The Morgan fingerprint density at radius 2 is 2.00 bits per heavy atom. The van der Waals surface area contributed by atoms with E-state index < -0.39 is 10.0 Å². The van der Waals surface area contributed by atoms with Crippen molar-refractivity contribution in [1.29, 1.82) is 0 Å². The summed E-state index contributed by atoms with van der Waals surface area (Å²) in [4.78, 5) is 8.49. The second kappa shape index (κ2) is 6.54. The van der Waals surface area contributed by atoms with Crippen molar-refractivity contribution < 1.29 is 8.42 Å². The van der Waals surface area contributed by atoms with Gasteiger partial charge in [0.1, 0.15) is 5.82 Å². The Morgan fingerprint density at radius 3 is 2.71 bits per heavy atom. The molecule has 2 heterocycles. The second-order valence-electron chi connectivity index (χ2n) is 5.13. The quantitative estimate of drug-likeness (QED) is 0.642. The summed E-state index contributed by atoms with van der Waals surface area (Å²) in [7, 11) is -0.176. The van der Waals surface area contributed by atoms with E-state index in [1.165, 1.54) is 18.4 Å². The predicted molar refractivity (Wildman–Crippen MR) is 82.7 cm³/mol. The molecule has 0 saturated heterocycles. The molecule has 21 heavy (non-hydrogen) atoms. The molecule has 0 unspecified atom stereocenters. The Kier molecular flexibility index (Phi) is 4.96. The van der Waals surface area contributed by atoms with Gasteiger partial charge in [-0.25, -0.2) is 17.7 Å². The average molecular weight is 314 g/mol. The van der Waals surface area contributed by atoms with Crippen LogP contribution in [0.3, 0.4) is 0 Å². The fourth-order valence-electron chi connectivity index (χ4n) is 2.19. The Morgan fingerprint density at radius 1 is 1.29 bits per heavy atom. The number of nitrogens with two attached hydrogens (primary N) is 1. The third-order valence-corrected chi connectivity index (χ3v) is 5.24. The van der Waals surface area contributed by atoms with E-state index in [2.05, 4.69) is 20.6 Å². The molecule has 0 radical (unpaired) electrons. The Bertz CT molecular complexity index is 602. The van der Waals surface area contributed by atoms with E-state index in [9.17, 15) is 8.42 Å². The maximum atomic E-state index is 11.7. The lowest BCUT2D eigenvalue weighted by atomic mass is 10.1.